The number of H-pyrrole nitrogens is 1. The Kier molecular flexibility index (Phi) is 3.67. The molecule has 0 atom stereocenters. The van der Waals surface area contributed by atoms with Gasteiger partial charge in [-0.1, -0.05) is 31.5 Å². The molecule has 1 aromatic carbocycles. The van der Waals surface area contributed by atoms with Gasteiger partial charge in [-0.15, -0.1) is 0 Å². The molecule has 0 radical (unpaired) electrons. The number of aromatic amines is 1. The maximum atomic E-state index is 12.7. The van der Waals surface area contributed by atoms with Crippen molar-refractivity contribution < 1.29 is 9.90 Å². The summed E-state index contributed by atoms with van der Waals surface area (Å²) < 4.78 is 0. The van der Waals surface area contributed by atoms with Gasteiger partial charge in [0.15, 0.2) is 5.78 Å². The highest BCUT2D eigenvalue weighted by Crippen LogP contribution is 2.41. The zero-order chi connectivity index (χ0) is 17.8. The molecule has 0 unspecified atom stereocenters. The lowest BCUT2D eigenvalue weighted by Crippen LogP contribution is -2.30. The fraction of sp³-hybridized carbons (Fsp3) is 0.400. The molecule has 3 rings (SSSR count). The van der Waals surface area contributed by atoms with E-state index < -0.39 is 0 Å². The van der Waals surface area contributed by atoms with Crippen LogP contribution in [0.5, 0.6) is 5.75 Å². The average Bonchev–Trinajstić information content (AvgIpc) is 2.38. The van der Waals surface area contributed by atoms with Crippen molar-refractivity contribution in [3.05, 3.63) is 50.4 Å². The molecule has 4 nitrogen and oxygen atoms in total. The first-order valence-corrected chi connectivity index (χ1v) is 8.20. The molecule has 24 heavy (non-hydrogen) atoms. The predicted molar refractivity (Wildman–Crippen MR) is 94.8 cm³/mol. The largest absolute Gasteiger partial charge is 0.506 e. The van der Waals surface area contributed by atoms with Crippen molar-refractivity contribution in [1.82, 2.24) is 4.98 Å². The highest BCUT2D eigenvalue weighted by atomic mass is 16.3. The normalized spacial score (nSPS) is 16.1. The molecule has 0 aliphatic heterocycles. The third-order valence-electron chi connectivity index (χ3n) is 4.77. The molecule has 0 fully saturated rings. The first-order chi connectivity index (χ1) is 11.1. The second-order valence-corrected chi connectivity index (χ2v) is 7.75. The summed E-state index contributed by atoms with van der Waals surface area (Å²) in [6, 6.07) is 3.96. The maximum absolute atomic E-state index is 12.7. The van der Waals surface area contributed by atoms with Crippen molar-refractivity contribution in [3.8, 4) is 16.9 Å². The van der Waals surface area contributed by atoms with E-state index in [1.165, 1.54) is 0 Å². The molecule has 1 aliphatic rings. The summed E-state index contributed by atoms with van der Waals surface area (Å²) in [6.07, 6.45) is 0.938. The Morgan fingerprint density at radius 1 is 0.958 bits per heavy atom. The van der Waals surface area contributed by atoms with Gasteiger partial charge >= 0.3 is 0 Å². The van der Waals surface area contributed by atoms with Gasteiger partial charge in [0.05, 0.1) is 11.1 Å². The number of aryl methyl sites for hydroxylation is 3. The zero-order valence-corrected chi connectivity index (χ0v) is 14.8. The number of hydrogen-bond donors (Lipinski definition) is 2. The van der Waals surface area contributed by atoms with Crippen molar-refractivity contribution in [3.63, 3.8) is 0 Å². The van der Waals surface area contributed by atoms with Gasteiger partial charge in [-0.2, -0.15) is 0 Å². The van der Waals surface area contributed by atoms with Gasteiger partial charge in [0.25, 0.3) is 5.56 Å². The molecular weight excluding hydrogens is 302 g/mol. The van der Waals surface area contributed by atoms with E-state index in [1.807, 2.05) is 46.8 Å². The van der Waals surface area contributed by atoms with Gasteiger partial charge < -0.3 is 10.1 Å². The number of carbonyl (C=O) groups is 1. The van der Waals surface area contributed by atoms with Crippen LogP contribution in [0, 0.1) is 26.2 Å². The number of aromatic hydroxyl groups is 1. The lowest BCUT2D eigenvalue weighted by atomic mass is 9.75. The van der Waals surface area contributed by atoms with Gasteiger partial charge in [0, 0.05) is 12.1 Å². The van der Waals surface area contributed by atoms with Crippen LogP contribution >= 0.6 is 0 Å². The summed E-state index contributed by atoms with van der Waals surface area (Å²) in [5.74, 6) is -0.289. The molecule has 0 bridgehead atoms. The molecule has 0 saturated heterocycles. The lowest BCUT2D eigenvalue weighted by Gasteiger charge is -2.30. The topological polar surface area (TPSA) is 70.2 Å². The van der Waals surface area contributed by atoms with Crippen LogP contribution in [0.4, 0.5) is 0 Å². The van der Waals surface area contributed by atoms with Crippen LogP contribution in [-0.4, -0.2) is 15.9 Å². The summed E-state index contributed by atoms with van der Waals surface area (Å²) in [5.41, 5.74) is 4.11. The number of ketones is 1. The van der Waals surface area contributed by atoms with E-state index in [0.29, 0.717) is 24.1 Å². The van der Waals surface area contributed by atoms with Crippen molar-refractivity contribution in [2.75, 3.05) is 0 Å². The standard InChI is InChI=1S/C20H23NO3/c1-10-6-11(2)15(12(3)7-10)17-18(23)16-13(21-19(17)24)8-20(4,5)9-14(16)22/h6-7H,8-9H2,1-5H3,(H2,21,23,24). The van der Waals surface area contributed by atoms with E-state index in [2.05, 4.69) is 4.98 Å². The Morgan fingerprint density at radius 2 is 1.54 bits per heavy atom. The third kappa shape index (κ3) is 2.56. The smallest absolute Gasteiger partial charge is 0.259 e. The van der Waals surface area contributed by atoms with Crippen molar-refractivity contribution in [2.24, 2.45) is 5.41 Å². The summed E-state index contributed by atoms with van der Waals surface area (Å²) in [6.45, 7) is 9.81. The van der Waals surface area contributed by atoms with Crippen molar-refractivity contribution in [1.29, 1.82) is 0 Å². The highest BCUT2D eigenvalue weighted by Gasteiger charge is 2.35. The molecule has 1 aromatic heterocycles. The molecule has 0 amide bonds. The fourth-order valence-corrected chi connectivity index (χ4v) is 3.94. The molecule has 1 heterocycles. The van der Waals surface area contributed by atoms with Crippen LogP contribution in [0.3, 0.4) is 0 Å². The Labute approximate surface area is 141 Å². The minimum absolute atomic E-state index is 0.112. The number of fused-ring (bicyclic) bond motifs is 1. The first kappa shape index (κ1) is 16.5. The second kappa shape index (κ2) is 5.33. The van der Waals surface area contributed by atoms with Crippen molar-refractivity contribution >= 4 is 5.78 Å². The number of Topliss-reactive ketones (excluding diaryl/α,β-unsaturated/α-hetero) is 1. The second-order valence-electron chi connectivity index (χ2n) is 7.75. The molecule has 0 saturated carbocycles. The Bertz CT molecular complexity index is 896. The number of aromatic nitrogens is 1. The molecule has 2 N–H and O–H groups in total. The minimum atomic E-state index is -0.341. The van der Waals surface area contributed by atoms with Crippen LogP contribution in [0.1, 0.15) is 53.0 Å². The number of pyridine rings is 1. The molecule has 2 aromatic rings. The van der Waals surface area contributed by atoms with Gasteiger partial charge in [-0.05, 0) is 49.3 Å². The van der Waals surface area contributed by atoms with Gasteiger partial charge in [0.1, 0.15) is 5.75 Å². The Hall–Kier alpha value is -2.36. The number of benzene rings is 1. The zero-order valence-electron chi connectivity index (χ0n) is 14.8. The van der Waals surface area contributed by atoms with Gasteiger partial charge in [0.2, 0.25) is 0 Å². The van der Waals surface area contributed by atoms with E-state index >= 15 is 0 Å². The predicted octanol–water partition coefficient (Wildman–Crippen LogP) is 3.83. The van der Waals surface area contributed by atoms with Crippen LogP contribution in [0.2, 0.25) is 0 Å². The molecule has 4 heteroatoms. The highest BCUT2D eigenvalue weighted by molar-refractivity contribution is 6.03. The quantitative estimate of drug-likeness (QED) is 0.837. The van der Waals surface area contributed by atoms with E-state index in [4.69, 9.17) is 0 Å². The van der Waals surface area contributed by atoms with E-state index in [1.54, 1.807) is 0 Å². The van der Waals surface area contributed by atoms with E-state index in [9.17, 15) is 14.7 Å². The van der Waals surface area contributed by atoms with Gasteiger partial charge in [-0.3, -0.25) is 9.59 Å². The SMILES string of the molecule is Cc1cc(C)c(-c2c(O)c3c([nH]c2=O)CC(C)(C)CC3=O)c(C)c1. The fourth-order valence-electron chi connectivity index (χ4n) is 3.94. The van der Waals surface area contributed by atoms with Crippen LogP contribution in [0.15, 0.2) is 16.9 Å². The minimum Gasteiger partial charge on any atom is -0.506 e. The molecule has 1 aliphatic carbocycles. The maximum Gasteiger partial charge on any atom is 0.259 e. The number of hydrogen-bond acceptors (Lipinski definition) is 3. The van der Waals surface area contributed by atoms with Crippen LogP contribution in [-0.2, 0) is 6.42 Å². The average molecular weight is 325 g/mol. The molecule has 126 valence electrons. The van der Waals surface area contributed by atoms with E-state index in [-0.39, 0.29) is 33.6 Å². The Morgan fingerprint density at radius 3 is 2.12 bits per heavy atom. The number of nitrogens with one attached hydrogen (secondary N) is 1. The third-order valence-corrected chi connectivity index (χ3v) is 4.77. The molecular formula is C20H23NO3. The van der Waals surface area contributed by atoms with Gasteiger partial charge in [-0.25, -0.2) is 0 Å². The lowest BCUT2D eigenvalue weighted by molar-refractivity contribution is 0.0907. The van der Waals surface area contributed by atoms with E-state index in [0.717, 1.165) is 16.7 Å². The summed E-state index contributed by atoms with van der Waals surface area (Å²) in [4.78, 5) is 28.1. The summed E-state index contributed by atoms with van der Waals surface area (Å²) in [5, 5.41) is 10.8. The van der Waals surface area contributed by atoms with Crippen LogP contribution < -0.4 is 5.56 Å². The monoisotopic (exact) mass is 325 g/mol. The number of rotatable bonds is 1. The Balaban J connectivity index is 2.33. The number of carbonyl (C=O) groups excluding carboxylic acids is 1. The first-order valence-electron chi connectivity index (χ1n) is 8.20. The van der Waals surface area contributed by atoms with Crippen molar-refractivity contribution in [2.45, 2.75) is 47.5 Å². The van der Waals surface area contributed by atoms with Crippen LogP contribution in [0.25, 0.3) is 11.1 Å². The summed E-state index contributed by atoms with van der Waals surface area (Å²) >= 11 is 0. The summed E-state index contributed by atoms with van der Waals surface area (Å²) in [7, 11) is 0. The molecule has 0 spiro atoms.